The quantitative estimate of drug-likeness (QED) is 0.630. The second-order valence-corrected chi connectivity index (χ2v) is 5.15. The first-order chi connectivity index (χ1) is 10.4. The molecule has 0 saturated carbocycles. The van der Waals surface area contributed by atoms with Crippen molar-refractivity contribution in [2.24, 2.45) is 0 Å². The van der Waals surface area contributed by atoms with E-state index in [1.54, 1.807) is 0 Å². The molecule has 1 aromatic rings. The van der Waals surface area contributed by atoms with Gasteiger partial charge in [-0.25, -0.2) is 0 Å². The predicted octanol–water partition coefficient (Wildman–Crippen LogP) is 2.34. The highest BCUT2D eigenvalue weighted by Crippen LogP contribution is 2.43. The minimum absolute atomic E-state index is 0.0969. The SMILES string of the molecule is CC(=O)Oc1cc(OC(C)=O)c(OC(C)=O)c2c1CCCC2. The molecule has 0 aromatic heterocycles. The van der Waals surface area contributed by atoms with E-state index >= 15 is 0 Å². The summed E-state index contributed by atoms with van der Waals surface area (Å²) in [6.45, 7) is 3.84. The van der Waals surface area contributed by atoms with E-state index in [1.165, 1.54) is 26.8 Å². The van der Waals surface area contributed by atoms with Crippen LogP contribution in [-0.2, 0) is 27.2 Å². The fraction of sp³-hybridized carbons (Fsp3) is 0.438. The predicted molar refractivity (Wildman–Crippen MR) is 77.0 cm³/mol. The molecule has 2 rings (SSSR count). The van der Waals surface area contributed by atoms with Crippen LogP contribution in [0.1, 0.15) is 44.7 Å². The van der Waals surface area contributed by atoms with E-state index in [9.17, 15) is 14.4 Å². The average molecular weight is 306 g/mol. The van der Waals surface area contributed by atoms with Crippen LogP contribution in [0.15, 0.2) is 6.07 Å². The zero-order valence-electron chi connectivity index (χ0n) is 12.9. The summed E-state index contributed by atoms with van der Waals surface area (Å²) in [5, 5.41) is 0. The van der Waals surface area contributed by atoms with Gasteiger partial charge in [-0.3, -0.25) is 14.4 Å². The van der Waals surface area contributed by atoms with Crippen molar-refractivity contribution in [3.05, 3.63) is 17.2 Å². The molecule has 22 heavy (non-hydrogen) atoms. The topological polar surface area (TPSA) is 78.9 Å². The van der Waals surface area contributed by atoms with Gasteiger partial charge in [0.25, 0.3) is 0 Å². The zero-order valence-corrected chi connectivity index (χ0v) is 12.9. The van der Waals surface area contributed by atoms with Gasteiger partial charge >= 0.3 is 17.9 Å². The van der Waals surface area contributed by atoms with Crippen molar-refractivity contribution in [3.63, 3.8) is 0 Å². The summed E-state index contributed by atoms with van der Waals surface area (Å²) in [5.41, 5.74) is 1.59. The molecule has 1 aliphatic rings. The molecule has 0 spiro atoms. The van der Waals surface area contributed by atoms with E-state index in [0.717, 1.165) is 24.0 Å². The van der Waals surface area contributed by atoms with Crippen molar-refractivity contribution in [1.29, 1.82) is 0 Å². The van der Waals surface area contributed by atoms with Crippen molar-refractivity contribution >= 4 is 17.9 Å². The van der Waals surface area contributed by atoms with Gasteiger partial charge in [0, 0.05) is 38.0 Å². The van der Waals surface area contributed by atoms with Crippen LogP contribution in [0.5, 0.6) is 17.2 Å². The van der Waals surface area contributed by atoms with E-state index in [-0.39, 0.29) is 11.5 Å². The molecule has 0 heterocycles. The Morgan fingerprint density at radius 2 is 1.27 bits per heavy atom. The van der Waals surface area contributed by atoms with Gasteiger partial charge < -0.3 is 14.2 Å². The Bertz CT molecular complexity index is 632. The van der Waals surface area contributed by atoms with Crippen LogP contribution in [0, 0.1) is 0 Å². The van der Waals surface area contributed by atoms with Crippen LogP contribution < -0.4 is 14.2 Å². The second-order valence-electron chi connectivity index (χ2n) is 5.15. The van der Waals surface area contributed by atoms with Crippen molar-refractivity contribution in [1.82, 2.24) is 0 Å². The molecule has 0 amide bonds. The molecule has 0 saturated heterocycles. The van der Waals surface area contributed by atoms with Gasteiger partial charge in [0.1, 0.15) is 5.75 Å². The summed E-state index contributed by atoms with van der Waals surface area (Å²) < 4.78 is 15.6. The lowest BCUT2D eigenvalue weighted by molar-refractivity contribution is -0.134. The Labute approximate surface area is 128 Å². The number of carbonyl (C=O) groups excluding carboxylic acids is 3. The number of rotatable bonds is 3. The number of carbonyl (C=O) groups is 3. The molecule has 0 bridgehead atoms. The molecule has 0 unspecified atom stereocenters. The largest absolute Gasteiger partial charge is 0.426 e. The molecular weight excluding hydrogens is 288 g/mol. The summed E-state index contributed by atoms with van der Waals surface area (Å²) in [7, 11) is 0. The first kappa shape index (κ1) is 16.0. The van der Waals surface area contributed by atoms with Crippen molar-refractivity contribution in [2.45, 2.75) is 46.5 Å². The Kier molecular flexibility index (Phi) is 4.80. The molecule has 0 N–H and O–H groups in total. The first-order valence-corrected chi connectivity index (χ1v) is 7.12. The highest BCUT2D eigenvalue weighted by molar-refractivity contribution is 5.77. The molecule has 1 aliphatic carbocycles. The summed E-state index contributed by atoms with van der Waals surface area (Å²) in [5.74, 6) is -0.802. The lowest BCUT2D eigenvalue weighted by atomic mass is 9.90. The van der Waals surface area contributed by atoms with Crippen molar-refractivity contribution < 1.29 is 28.6 Å². The molecular formula is C16H18O6. The monoisotopic (exact) mass is 306 g/mol. The van der Waals surface area contributed by atoms with Crippen LogP contribution in [0.25, 0.3) is 0 Å². The first-order valence-electron chi connectivity index (χ1n) is 7.12. The van der Waals surface area contributed by atoms with E-state index in [1.807, 2.05) is 0 Å². The van der Waals surface area contributed by atoms with Crippen molar-refractivity contribution in [3.8, 4) is 17.2 Å². The smallest absolute Gasteiger partial charge is 0.308 e. The maximum atomic E-state index is 11.4. The second kappa shape index (κ2) is 6.60. The van der Waals surface area contributed by atoms with Gasteiger partial charge in [0.2, 0.25) is 0 Å². The Morgan fingerprint density at radius 3 is 1.82 bits per heavy atom. The van der Waals surface area contributed by atoms with Gasteiger partial charge in [-0.1, -0.05) is 0 Å². The van der Waals surface area contributed by atoms with E-state index < -0.39 is 17.9 Å². The van der Waals surface area contributed by atoms with Gasteiger partial charge in [0.15, 0.2) is 11.5 Å². The van der Waals surface area contributed by atoms with Crippen molar-refractivity contribution in [2.75, 3.05) is 0 Å². The normalized spacial score (nSPS) is 13.0. The standard InChI is InChI=1S/C16H18O6/c1-9(17)20-14-8-15(21-10(2)18)16(22-11(3)19)13-7-5-4-6-12(13)14/h8H,4-7H2,1-3H3. The average Bonchev–Trinajstić information content (AvgIpc) is 2.41. The minimum atomic E-state index is -0.544. The minimum Gasteiger partial charge on any atom is -0.426 e. The van der Waals surface area contributed by atoms with Crippen LogP contribution in [0.4, 0.5) is 0 Å². The number of hydrogen-bond donors (Lipinski definition) is 0. The molecule has 118 valence electrons. The van der Waals surface area contributed by atoms with Crippen LogP contribution in [0.2, 0.25) is 0 Å². The third-order valence-electron chi connectivity index (χ3n) is 3.28. The Balaban J connectivity index is 2.60. The lowest BCUT2D eigenvalue weighted by Crippen LogP contribution is -2.15. The third kappa shape index (κ3) is 3.63. The molecule has 6 heteroatoms. The van der Waals surface area contributed by atoms with Gasteiger partial charge in [0.05, 0.1) is 0 Å². The summed E-state index contributed by atoms with van der Waals surface area (Å²) in [6.07, 6.45) is 3.26. The maximum absolute atomic E-state index is 11.4. The highest BCUT2D eigenvalue weighted by Gasteiger charge is 2.26. The number of ether oxygens (including phenoxy) is 3. The molecule has 0 aliphatic heterocycles. The summed E-state index contributed by atoms with van der Waals surface area (Å²) in [6, 6.07) is 1.44. The van der Waals surface area contributed by atoms with Crippen LogP contribution in [0.3, 0.4) is 0 Å². The van der Waals surface area contributed by atoms with E-state index in [0.29, 0.717) is 18.6 Å². The summed E-state index contributed by atoms with van der Waals surface area (Å²) in [4.78, 5) is 33.9. The third-order valence-corrected chi connectivity index (χ3v) is 3.28. The fourth-order valence-electron chi connectivity index (χ4n) is 2.58. The van der Waals surface area contributed by atoms with Gasteiger partial charge in [-0.2, -0.15) is 0 Å². The van der Waals surface area contributed by atoms with Crippen LogP contribution >= 0.6 is 0 Å². The number of hydrogen-bond acceptors (Lipinski definition) is 6. The van der Waals surface area contributed by atoms with E-state index in [2.05, 4.69) is 0 Å². The zero-order chi connectivity index (χ0) is 16.3. The molecule has 0 radical (unpaired) electrons. The Morgan fingerprint density at radius 1 is 0.773 bits per heavy atom. The van der Waals surface area contributed by atoms with Crippen LogP contribution in [-0.4, -0.2) is 17.9 Å². The number of fused-ring (bicyclic) bond motifs is 1. The molecule has 6 nitrogen and oxygen atoms in total. The molecule has 0 fully saturated rings. The highest BCUT2D eigenvalue weighted by atomic mass is 16.6. The lowest BCUT2D eigenvalue weighted by Gasteiger charge is -2.23. The van der Waals surface area contributed by atoms with E-state index in [4.69, 9.17) is 14.2 Å². The molecule has 0 atom stereocenters. The van der Waals surface area contributed by atoms with Gasteiger partial charge in [-0.15, -0.1) is 0 Å². The Hall–Kier alpha value is -2.37. The fourth-order valence-corrected chi connectivity index (χ4v) is 2.58. The van der Waals surface area contributed by atoms with Gasteiger partial charge in [-0.05, 0) is 25.7 Å². The summed E-state index contributed by atoms with van der Waals surface area (Å²) >= 11 is 0. The number of benzene rings is 1. The number of esters is 3. The molecule has 1 aromatic carbocycles. The maximum Gasteiger partial charge on any atom is 0.308 e.